The summed E-state index contributed by atoms with van der Waals surface area (Å²) in [6.45, 7) is -2.86. The van der Waals surface area contributed by atoms with E-state index in [1.54, 1.807) is 30.3 Å². The summed E-state index contributed by atoms with van der Waals surface area (Å²) in [5.74, 6) is 0.377. The molecule has 0 bridgehead atoms. The lowest BCUT2D eigenvalue weighted by Crippen LogP contribution is -2.30. The Hall–Kier alpha value is -3.36. The fraction of sp³-hybridized carbons (Fsp3) is 0.364. The minimum atomic E-state index is -2.96. The lowest BCUT2D eigenvalue weighted by atomic mass is 10.1. The number of anilines is 1. The summed E-state index contributed by atoms with van der Waals surface area (Å²) >= 11 is 0. The molecule has 31 heavy (non-hydrogen) atoms. The van der Waals surface area contributed by atoms with Crippen LogP contribution in [0.25, 0.3) is 0 Å². The van der Waals surface area contributed by atoms with E-state index in [0.717, 1.165) is 12.8 Å². The lowest BCUT2D eigenvalue weighted by Gasteiger charge is -2.12. The van der Waals surface area contributed by atoms with E-state index in [1.807, 2.05) is 0 Å². The van der Waals surface area contributed by atoms with E-state index in [2.05, 4.69) is 15.4 Å². The van der Waals surface area contributed by atoms with E-state index in [1.165, 1.54) is 19.2 Å². The highest BCUT2D eigenvalue weighted by molar-refractivity contribution is 5.94. The van der Waals surface area contributed by atoms with Crippen molar-refractivity contribution >= 4 is 17.5 Å². The van der Waals surface area contributed by atoms with Crippen LogP contribution in [0.5, 0.6) is 17.2 Å². The van der Waals surface area contributed by atoms with Crippen LogP contribution in [0.4, 0.5) is 14.5 Å². The van der Waals surface area contributed by atoms with Crippen LogP contribution in [0, 0.1) is 5.92 Å². The van der Waals surface area contributed by atoms with Gasteiger partial charge in [-0.15, -0.1) is 0 Å². The van der Waals surface area contributed by atoms with Gasteiger partial charge in [0.2, 0.25) is 5.91 Å². The van der Waals surface area contributed by atoms with Crippen LogP contribution in [-0.2, 0) is 16.0 Å². The maximum atomic E-state index is 12.5. The third-order valence-electron chi connectivity index (χ3n) is 4.60. The molecule has 1 aliphatic carbocycles. The molecule has 0 aliphatic heterocycles. The van der Waals surface area contributed by atoms with Crippen molar-refractivity contribution in [3.63, 3.8) is 0 Å². The second-order valence-electron chi connectivity index (χ2n) is 7.04. The Kier molecular flexibility index (Phi) is 7.64. The number of hydrogen-bond acceptors (Lipinski definition) is 5. The lowest BCUT2D eigenvalue weighted by molar-refractivity contribution is -0.123. The largest absolute Gasteiger partial charge is 0.493 e. The molecule has 0 spiro atoms. The number of nitrogens with one attached hydrogen (secondary N) is 2. The summed E-state index contributed by atoms with van der Waals surface area (Å²) in [7, 11) is 1.37. The molecule has 9 heteroatoms. The smallest absolute Gasteiger partial charge is 0.387 e. The van der Waals surface area contributed by atoms with Crippen molar-refractivity contribution in [2.75, 3.05) is 25.6 Å². The van der Waals surface area contributed by atoms with Gasteiger partial charge in [0.1, 0.15) is 5.75 Å². The molecule has 0 atom stereocenters. The van der Waals surface area contributed by atoms with Gasteiger partial charge in [0.15, 0.2) is 18.1 Å². The summed E-state index contributed by atoms with van der Waals surface area (Å²) in [6.07, 6.45) is 2.25. The Bertz CT molecular complexity index is 919. The van der Waals surface area contributed by atoms with Crippen molar-refractivity contribution in [3.8, 4) is 17.2 Å². The van der Waals surface area contributed by atoms with Gasteiger partial charge in [-0.1, -0.05) is 12.1 Å². The first-order chi connectivity index (χ1) is 14.9. The number of alkyl halides is 2. The normalized spacial score (nSPS) is 12.9. The fourth-order valence-electron chi connectivity index (χ4n) is 2.86. The van der Waals surface area contributed by atoms with Crippen LogP contribution < -0.4 is 24.8 Å². The number of carbonyl (C=O) groups is 2. The second-order valence-corrected chi connectivity index (χ2v) is 7.04. The number of amides is 2. The van der Waals surface area contributed by atoms with Crippen molar-refractivity contribution < 1.29 is 32.6 Å². The highest BCUT2D eigenvalue weighted by atomic mass is 19.3. The first kappa shape index (κ1) is 22.3. The summed E-state index contributed by atoms with van der Waals surface area (Å²) in [5.41, 5.74) is 1.33. The molecule has 166 valence electrons. The van der Waals surface area contributed by atoms with Crippen LogP contribution in [0.1, 0.15) is 18.4 Å². The van der Waals surface area contributed by atoms with Gasteiger partial charge >= 0.3 is 6.61 Å². The molecule has 1 aliphatic rings. The number of ether oxygens (including phenoxy) is 3. The Morgan fingerprint density at radius 1 is 1.13 bits per heavy atom. The Balaban J connectivity index is 1.43. The van der Waals surface area contributed by atoms with Gasteiger partial charge < -0.3 is 24.8 Å². The zero-order valence-corrected chi connectivity index (χ0v) is 17.0. The third kappa shape index (κ3) is 7.13. The number of rotatable bonds is 11. The molecule has 3 rings (SSSR count). The van der Waals surface area contributed by atoms with Crippen LogP contribution in [0.2, 0.25) is 0 Å². The SMILES string of the molecule is COc1ccc(CCNC(=O)COc2cccc(NC(=O)C3CC3)c2)cc1OC(F)F. The standard InChI is InChI=1S/C22H24F2N2O5/c1-29-18-8-5-14(11-19(18)31-22(23)24)9-10-25-20(27)13-30-17-4-2-3-16(12-17)26-21(28)15-6-7-15/h2-5,8,11-12,15,22H,6-7,9-10,13H2,1H3,(H,25,27)(H,26,28). The molecular formula is C22H24F2N2O5. The zero-order chi connectivity index (χ0) is 22.2. The van der Waals surface area contributed by atoms with E-state index in [-0.39, 0.29) is 35.8 Å². The van der Waals surface area contributed by atoms with Crippen molar-refractivity contribution in [1.82, 2.24) is 5.32 Å². The van der Waals surface area contributed by atoms with Crippen molar-refractivity contribution in [1.29, 1.82) is 0 Å². The van der Waals surface area contributed by atoms with Crippen LogP contribution in [0.3, 0.4) is 0 Å². The van der Waals surface area contributed by atoms with Crippen molar-refractivity contribution in [2.45, 2.75) is 25.9 Å². The molecular weight excluding hydrogens is 410 g/mol. The Morgan fingerprint density at radius 3 is 2.65 bits per heavy atom. The molecule has 2 aromatic rings. The van der Waals surface area contributed by atoms with Crippen LogP contribution in [0.15, 0.2) is 42.5 Å². The number of benzene rings is 2. The minimum absolute atomic E-state index is 0.00414. The fourth-order valence-corrected chi connectivity index (χ4v) is 2.86. The van der Waals surface area contributed by atoms with E-state index in [0.29, 0.717) is 30.0 Å². The maximum absolute atomic E-state index is 12.5. The monoisotopic (exact) mass is 434 g/mol. The van der Waals surface area contributed by atoms with E-state index < -0.39 is 6.61 Å². The number of carbonyl (C=O) groups excluding carboxylic acids is 2. The van der Waals surface area contributed by atoms with Gasteiger partial charge in [-0.2, -0.15) is 8.78 Å². The molecule has 0 unspecified atom stereocenters. The summed E-state index contributed by atoms with van der Waals surface area (Å²) in [5, 5.41) is 5.53. The molecule has 0 saturated heterocycles. The molecule has 0 heterocycles. The number of methoxy groups -OCH3 is 1. The molecule has 1 fully saturated rings. The molecule has 0 radical (unpaired) electrons. The Labute approximate surface area is 178 Å². The van der Waals surface area contributed by atoms with Gasteiger partial charge in [-0.25, -0.2) is 0 Å². The molecule has 0 aromatic heterocycles. The highest BCUT2D eigenvalue weighted by Gasteiger charge is 2.29. The van der Waals surface area contributed by atoms with Gasteiger partial charge in [0, 0.05) is 24.2 Å². The zero-order valence-electron chi connectivity index (χ0n) is 17.0. The third-order valence-corrected chi connectivity index (χ3v) is 4.60. The first-order valence-corrected chi connectivity index (χ1v) is 9.86. The van der Waals surface area contributed by atoms with Crippen LogP contribution >= 0.6 is 0 Å². The summed E-state index contributed by atoms with van der Waals surface area (Å²) < 4.78 is 39.9. The quantitative estimate of drug-likeness (QED) is 0.566. The Morgan fingerprint density at radius 2 is 1.94 bits per heavy atom. The molecule has 2 aromatic carbocycles. The molecule has 7 nitrogen and oxygen atoms in total. The van der Waals surface area contributed by atoms with Crippen LogP contribution in [-0.4, -0.2) is 38.7 Å². The second kappa shape index (κ2) is 10.6. The van der Waals surface area contributed by atoms with Gasteiger partial charge in [-0.05, 0) is 49.1 Å². The summed E-state index contributed by atoms with van der Waals surface area (Å²) in [4.78, 5) is 23.9. The summed E-state index contributed by atoms with van der Waals surface area (Å²) in [6, 6.07) is 11.5. The highest BCUT2D eigenvalue weighted by Crippen LogP contribution is 2.31. The van der Waals surface area contributed by atoms with E-state index in [4.69, 9.17) is 9.47 Å². The first-order valence-electron chi connectivity index (χ1n) is 9.86. The number of hydrogen-bond donors (Lipinski definition) is 2. The molecule has 2 amide bonds. The van der Waals surface area contributed by atoms with Gasteiger partial charge in [0.05, 0.1) is 7.11 Å². The van der Waals surface area contributed by atoms with Crippen molar-refractivity contribution in [3.05, 3.63) is 48.0 Å². The topological polar surface area (TPSA) is 85.9 Å². The minimum Gasteiger partial charge on any atom is -0.493 e. The molecule has 1 saturated carbocycles. The van der Waals surface area contributed by atoms with Crippen molar-refractivity contribution in [2.24, 2.45) is 5.92 Å². The predicted molar refractivity (Wildman–Crippen MR) is 110 cm³/mol. The number of halogens is 2. The molecule has 2 N–H and O–H groups in total. The van der Waals surface area contributed by atoms with E-state index in [9.17, 15) is 18.4 Å². The predicted octanol–water partition coefficient (Wildman–Crippen LogP) is 3.38. The van der Waals surface area contributed by atoms with Gasteiger partial charge in [0.25, 0.3) is 5.91 Å². The van der Waals surface area contributed by atoms with Gasteiger partial charge in [-0.3, -0.25) is 9.59 Å². The average molecular weight is 434 g/mol. The van der Waals surface area contributed by atoms with E-state index >= 15 is 0 Å². The maximum Gasteiger partial charge on any atom is 0.387 e. The average Bonchev–Trinajstić information content (AvgIpc) is 3.58.